The fraction of sp³-hybridized carbons (Fsp3) is 0.353. The molecule has 1 amide bonds. The third kappa shape index (κ3) is 2.78. The second-order valence-corrected chi connectivity index (χ2v) is 5.97. The highest BCUT2D eigenvalue weighted by Crippen LogP contribution is 2.38. The molecule has 0 aliphatic heterocycles. The van der Waals surface area contributed by atoms with E-state index in [1.807, 2.05) is 6.07 Å². The summed E-state index contributed by atoms with van der Waals surface area (Å²) >= 11 is 0. The Morgan fingerprint density at radius 3 is 2.70 bits per heavy atom. The van der Waals surface area contributed by atoms with E-state index < -0.39 is 11.4 Å². The lowest BCUT2D eigenvalue weighted by Gasteiger charge is -2.19. The minimum Gasteiger partial charge on any atom is -0.480 e. The fourth-order valence-corrected chi connectivity index (χ4v) is 3.18. The maximum atomic E-state index is 12.4. The first kappa shape index (κ1) is 15.1. The van der Waals surface area contributed by atoms with E-state index >= 15 is 0 Å². The summed E-state index contributed by atoms with van der Waals surface area (Å²) in [6.07, 6.45) is 4.72. The summed E-state index contributed by atoms with van der Waals surface area (Å²) in [5, 5.41) is 21.9. The van der Waals surface area contributed by atoms with Gasteiger partial charge in [-0.3, -0.25) is 9.59 Å². The van der Waals surface area contributed by atoms with Crippen LogP contribution in [-0.2, 0) is 16.1 Å². The average molecular weight is 311 g/mol. The predicted molar refractivity (Wildman–Crippen MR) is 84.7 cm³/mol. The van der Waals surface area contributed by atoms with Gasteiger partial charge in [0.15, 0.2) is 0 Å². The number of carboxylic acids is 1. The molecule has 0 atom stereocenters. The van der Waals surface area contributed by atoms with Gasteiger partial charge in [0, 0.05) is 22.8 Å². The van der Waals surface area contributed by atoms with Crippen LogP contribution in [0.25, 0.3) is 10.9 Å². The Morgan fingerprint density at radius 2 is 2.04 bits per heavy atom. The molecule has 1 fully saturated rings. The van der Waals surface area contributed by atoms with Crippen LogP contribution in [0.15, 0.2) is 30.5 Å². The molecule has 1 heterocycles. The summed E-state index contributed by atoms with van der Waals surface area (Å²) in [6, 6.07) is 9.30. The number of aromatic nitrogens is 1. The predicted octanol–water partition coefficient (Wildman–Crippen LogP) is 2.75. The van der Waals surface area contributed by atoms with Crippen LogP contribution in [0.4, 0.5) is 5.69 Å². The van der Waals surface area contributed by atoms with Crippen molar-refractivity contribution in [3.8, 4) is 6.07 Å². The van der Waals surface area contributed by atoms with Gasteiger partial charge in [0.25, 0.3) is 0 Å². The molecule has 23 heavy (non-hydrogen) atoms. The Morgan fingerprint density at radius 1 is 1.30 bits per heavy atom. The van der Waals surface area contributed by atoms with Gasteiger partial charge >= 0.3 is 5.97 Å². The zero-order valence-corrected chi connectivity index (χ0v) is 12.6. The first-order valence-electron chi connectivity index (χ1n) is 7.57. The zero-order valence-electron chi connectivity index (χ0n) is 12.6. The smallest absolute Gasteiger partial charge is 0.323 e. The Bertz CT molecular complexity index is 810. The van der Waals surface area contributed by atoms with E-state index in [4.69, 9.17) is 5.11 Å². The summed E-state index contributed by atoms with van der Waals surface area (Å²) in [4.78, 5) is 23.3. The Hall–Kier alpha value is -2.81. The molecule has 118 valence electrons. The van der Waals surface area contributed by atoms with E-state index in [0.717, 1.165) is 23.7 Å². The van der Waals surface area contributed by atoms with Gasteiger partial charge in [-0.15, -0.1) is 0 Å². The highest BCUT2D eigenvalue weighted by molar-refractivity contribution is 5.99. The molecular weight excluding hydrogens is 294 g/mol. The van der Waals surface area contributed by atoms with Crippen molar-refractivity contribution in [2.75, 3.05) is 5.32 Å². The Kier molecular flexibility index (Phi) is 3.78. The van der Waals surface area contributed by atoms with E-state index in [-0.39, 0.29) is 12.5 Å². The van der Waals surface area contributed by atoms with E-state index in [2.05, 4.69) is 11.4 Å². The number of aliphatic carboxylic acids is 1. The van der Waals surface area contributed by atoms with Crippen molar-refractivity contribution in [1.82, 2.24) is 4.57 Å². The summed E-state index contributed by atoms with van der Waals surface area (Å²) in [5.41, 5.74) is 0.503. The first-order chi connectivity index (χ1) is 11.0. The fourth-order valence-electron chi connectivity index (χ4n) is 3.18. The molecule has 1 aromatic heterocycles. The van der Waals surface area contributed by atoms with Crippen LogP contribution in [0.2, 0.25) is 0 Å². The molecule has 3 rings (SSSR count). The van der Waals surface area contributed by atoms with Crippen molar-refractivity contribution < 1.29 is 14.7 Å². The van der Waals surface area contributed by atoms with Gasteiger partial charge in [0.1, 0.15) is 12.0 Å². The number of amides is 1. The summed E-state index contributed by atoms with van der Waals surface area (Å²) < 4.78 is 1.64. The van der Waals surface area contributed by atoms with Crippen molar-refractivity contribution in [3.63, 3.8) is 0 Å². The molecule has 1 aliphatic carbocycles. The molecule has 0 saturated heterocycles. The number of benzene rings is 1. The van der Waals surface area contributed by atoms with Gasteiger partial charge in [-0.1, -0.05) is 12.8 Å². The highest BCUT2D eigenvalue weighted by Gasteiger charge is 2.41. The van der Waals surface area contributed by atoms with E-state index in [9.17, 15) is 14.9 Å². The third-order valence-electron chi connectivity index (χ3n) is 4.44. The quantitative estimate of drug-likeness (QED) is 0.907. The molecule has 1 aliphatic rings. The SMILES string of the molecule is N#CC1(C(=O)Nc2ccc3c(ccn3CC(=O)O)c2)CCCC1. The Balaban J connectivity index is 1.83. The molecule has 6 heteroatoms. The van der Waals surface area contributed by atoms with E-state index in [1.54, 1.807) is 29.0 Å². The molecule has 0 spiro atoms. The summed E-state index contributed by atoms with van der Waals surface area (Å²) in [6.45, 7) is -0.104. The van der Waals surface area contributed by atoms with Gasteiger partial charge in [-0.2, -0.15) is 5.26 Å². The normalized spacial score (nSPS) is 16.1. The van der Waals surface area contributed by atoms with Gasteiger partial charge in [0.05, 0.1) is 6.07 Å². The monoisotopic (exact) mass is 311 g/mol. The number of hydrogen-bond donors (Lipinski definition) is 2. The van der Waals surface area contributed by atoms with Crippen LogP contribution < -0.4 is 5.32 Å². The van der Waals surface area contributed by atoms with Crippen molar-refractivity contribution in [3.05, 3.63) is 30.5 Å². The number of nitriles is 1. The summed E-state index contributed by atoms with van der Waals surface area (Å²) in [7, 11) is 0. The van der Waals surface area contributed by atoms with Crippen LogP contribution >= 0.6 is 0 Å². The number of anilines is 1. The average Bonchev–Trinajstić information content (AvgIpc) is 3.15. The van der Waals surface area contributed by atoms with Crippen LogP contribution in [0.3, 0.4) is 0 Å². The van der Waals surface area contributed by atoms with Crippen LogP contribution in [-0.4, -0.2) is 21.6 Å². The lowest BCUT2D eigenvalue weighted by molar-refractivity contribution is -0.137. The number of hydrogen-bond acceptors (Lipinski definition) is 3. The number of carboxylic acid groups (broad SMARTS) is 1. The molecule has 0 bridgehead atoms. The molecule has 2 N–H and O–H groups in total. The van der Waals surface area contributed by atoms with Gasteiger partial charge < -0.3 is 15.0 Å². The van der Waals surface area contributed by atoms with E-state index in [1.165, 1.54) is 0 Å². The summed E-state index contributed by atoms with van der Waals surface area (Å²) in [5.74, 6) is -1.15. The highest BCUT2D eigenvalue weighted by atomic mass is 16.4. The standard InChI is InChI=1S/C17H17N3O3/c18-11-17(6-1-2-7-17)16(23)19-13-3-4-14-12(9-13)5-8-20(14)10-15(21)22/h3-5,8-9H,1-2,6-7,10H2,(H,19,23)(H,21,22). The minimum absolute atomic E-state index is 0.104. The topological polar surface area (TPSA) is 95.1 Å². The van der Waals surface area contributed by atoms with Crippen molar-refractivity contribution in [1.29, 1.82) is 5.26 Å². The lowest BCUT2D eigenvalue weighted by atomic mass is 9.87. The molecule has 0 radical (unpaired) electrons. The molecular formula is C17H17N3O3. The second kappa shape index (κ2) is 5.76. The molecule has 1 saturated carbocycles. The third-order valence-corrected chi connectivity index (χ3v) is 4.44. The maximum absolute atomic E-state index is 12.4. The molecule has 0 unspecified atom stereocenters. The van der Waals surface area contributed by atoms with Gasteiger partial charge in [-0.25, -0.2) is 0 Å². The van der Waals surface area contributed by atoms with E-state index in [0.29, 0.717) is 18.5 Å². The lowest BCUT2D eigenvalue weighted by Crippen LogP contribution is -2.32. The van der Waals surface area contributed by atoms with Crippen LogP contribution in [0, 0.1) is 16.7 Å². The number of nitrogens with zero attached hydrogens (tertiary/aromatic N) is 2. The number of nitrogens with one attached hydrogen (secondary N) is 1. The zero-order chi connectivity index (χ0) is 16.4. The van der Waals surface area contributed by atoms with Crippen molar-refractivity contribution >= 4 is 28.5 Å². The Labute approximate surface area is 133 Å². The molecule has 1 aromatic carbocycles. The minimum atomic E-state index is -0.913. The van der Waals surface area contributed by atoms with Crippen molar-refractivity contribution in [2.45, 2.75) is 32.2 Å². The van der Waals surface area contributed by atoms with Crippen LogP contribution in [0.5, 0.6) is 0 Å². The van der Waals surface area contributed by atoms with Gasteiger partial charge in [0.2, 0.25) is 5.91 Å². The number of carbonyl (C=O) groups is 2. The number of rotatable bonds is 4. The molecule has 2 aromatic rings. The number of carbonyl (C=O) groups excluding carboxylic acids is 1. The number of fused-ring (bicyclic) bond motifs is 1. The van der Waals surface area contributed by atoms with Crippen LogP contribution in [0.1, 0.15) is 25.7 Å². The first-order valence-corrected chi connectivity index (χ1v) is 7.57. The van der Waals surface area contributed by atoms with Gasteiger partial charge in [-0.05, 0) is 37.1 Å². The second-order valence-electron chi connectivity index (χ2n) is 5.97. The maximum Gasteiger partial charge on any atom is 0.323 e. The largest absolute Gasteiger partial charge is 0.480 e. The van der Waals surface area contributed by atoms with Crippen molar-refractivity contribution in [2.24, 2.45) is 5.41 Å². The molecule has 6 nitrogen and oxygen atoms in total.